The first-order valence-corrected chi connectivity index (χ1v) is 15.0. The molecule has 0 bridgehead atoms. The molecule has 37 heavy (non-hydrogen) atoms. The van der Waals surface area contributed by atoms with Crippen LogP contribution >= 0.6 is 11.6 Å². The van der Waals surface area contributed by atoms with Crippen molar-refractivity contribution in [1.29, 1.82) is 0 Å². The van der Waals surface area contributed by atoms with Crippen LogP contribution in [0, 0.1) is 11.3 Å². The lowest BCUT2D eigenvalue weighted by atomic mass is 9.66. The molecule has 2 N–H and O–H groups in total. The summed E-state index contributed by atoms with van der Waals surface area (Å²) in [5.41, 5.74) is -0.659. The van der Waals surface area contributed by atoms with Gasteiger partial charge in [-0.15, -0.1) is 0 Å². The van der Waals surface area contributed by atoms with Crippen LogP contribution in [0.4, 0.5) is 0 Å². The van der Waals surface area contributed by atoms with Crippen LogP contribution in [0.2, 0.25) is 5.02 Å². The molecule has 0 radical (unpaired) electrons. The molecule has 0 aromatic heterocycles. The van der Waals surface area contributed by atoms with E-state index in [1.807, 2.05) is 30.9 Å². The van der Waals surface area contributed by atoms with Crippen molar-refractivity contribution in [3.63, 3.8) is 0 Å². The number of hydrogen-bond donors (Lipinski definition) is 2. The lowest BCUT2D eigenvalue weighted by molar-refractivity contribution is -0.158. The number of piperidine rings is 1. The topological polar surface area (TPSA) is 104 Å². The van der Waals surface area contributed by atoms with Gasteiger partial charge in [0, 0.05) is 41.4 Å². The molecule has 0 spiro atoms. The van der Waals surface area contributed by atoms with Gasteiger partial charge in [-0.3, -0.25) is 9.59 Å². The second-order valence-electron chi connectivity index (χ2n) is 11.0. The van der Waals surface area contributed by atoms with Crippen molar-refractivity contribution < 1.29 is 23.1 Å². The van der Waals surface area contributed by atoms with E-state index in [2.05, 4.69) is 5.32 Å². The molecule has 1 saturated heterocycles. The van der Waals surface area contributed by atoms with Crippen molar-refractivity contribution >= 4 is 33.3 Å². The number of benzene rings is 2. The van der Waals surface area contributed by atoms with Crippen molar-refractivity contribution in [3.8, 4) is 0 Å². The van der Waals surface area contributed by atoms with Crippen LogP contribution in [0.15, 0.2) is 53.4 Å². The minimum Gasteiger partial charge on any atom is -0.384 e. The van der Waals surface area contributed by atoms with Crippen LogP contribution in [0.25, 0.3) is 0 Å². The minimum absolute atomic E-state index is 0.0129. The SMILES string of the molecule is CC1(C)CN(C(=O)[C@H]2CCCC[C@H]2NC(=O)c2cccc(S(C)(=O)=O)c2)CC[C@]1(O)c1ccc(Cl)cc1. The second kappa shape index (κ2) is 10.4. The quantitative estimate of drug-likeness (QED) is 0.585. The highest BCUT2D eigenvalue weighted by Gasteiger charge is 2.50. The van der Waals surface area contributed by atoms with E-state index in [0.717, 1.165) is 24.7 Å². The monoisotopic (exact) mass is 546 g/mol. The van der Waals surface area contributed by atoms with E-state index < -0.39 is 20.9 Å². The van der Waals surface area contributed by atoms with Gasteiger partial charge < -0.3 is 15.3 Å². The number of nitrogens with one attached hydrogen (secondary N) is 1. The summed E-state index contributed by atoms with van der Waals surface area (Å²) in [5.74, 6) is -0.763. The lowest BCUT2D eigenvalue weighted by Crippen LogP contribution is -2.59. The van der Waals surface area contributed by atoms with E-state index >= 15 is 0 Å². The van der Waals surface area contributed by atoms with Crippen molar-refractivity contribution in [1.82, 2.24) is 10.2 Å². The second-order valence-corrected chi connectivity index (χ2v) is 13.5. The normalized spacial score (nSPS) is 25.9. The third-order valence-corrected chi connectivity index (χ3v) is 9.37. The van der Waals surface area contributed by atoms with Gasteiger partial charge in [-0.2, -0.15) is 0 Å². The number of nitrogens with zero attached hydrogens (tertiary/aromatic N) is 1. The molecule has 2 amide bonds. The maximum absolute atomic E-state index is 13.7. The number of amides is 2. The summed E-state index contributed by atoms with van der Waals surface area (Å²) in [6.45, 7) is 4.74. The Balaban J connectivity index is 1.49. The summed E-state index contributed by atoms with van der Waals surface area (Å²) in [5, 5.41) is 15.3. The first kappa shape index (κ1) is 27.6. The zero-order valence-electron chi connectivity index (χ0n) is 21.5. The zero-order valence-corrected chi connectivity index (χ0v) is 23.1. The molecule has 1 aliphatic carbocycles. The van der Waals surface area contributed by atoms with Crippen molar-refractivity contribution in [3.05, 3.63) is 64.7 Å². The fourth-order valence-corrected chi connectivity index (χ4v) is 6.52. The number of aliphatic hydroxyl groups is 1. The molecule has 1 heterocycles. The van der Waals surface area contributed by atoms with Gasteiger partial charge in [0.15, 0.2) is 9.84 Å². The van der Waals surface area contributed by atoms with Crippen LogP contribution in [-0.4, -0.2) is 55.6 Å². The lowest BCUT2D eigenvalue weighted by Gasteiger charge is -2.51. The fraction of sp³-hybridized carbons (Fsp3) is 0.500. The van der Waals surface area contributed by atoms with E-state index in [4.69, 9.17) is 11.6 Å². The molecule has 4 rings (SSSR count). The molecular formula is C28H35ClN2O5S. The molecule has 200 valence electrons. The number of halogens is 1. The molecular weight excluding hydrogens is 512 g/mol. The van der Waals surface area contributed by atoms with Crippen molar-refractivity contribution in [2.24, 2.45) is 11.3 Å². The van der Waals surface area contributed by atoms with E-state index in [9.17, 15) is 23.1 Å². The van der Waals surface area contributed by atoms with Gasteiger partial charge in [-0.1, -0.05) is 56.5 Å². The van der Waals surface area contributed by atoms with E-state index in [1.165, 1.54) is 12.1 Å². The first-order valence-electron chi connectivity index (χ1n) is 12.7. The Morgan fingerprint density at radius 2 is 1.76 bits per heavy atom. The number of carbonyl (C=O) groups excluding carboxylic acids is 2. The van der Waals surface area contributed by atoms with Gasteiger partial charge in [0.2, 0.25) is 5.91 Å². The van der Waals surface area contributed by atoms with Crippen molar-refractivity contribution in [2.75, 3.05) is 19.3 Å². The summed E-state index contributed by atoms with van der Waals surface area (Å²) < 4.78 is 23.8. The highest BCUT2D eigenvalue weighted by atomic mass is 35.5. The van der Waals surface area contributed by atoms with E-state index in [1.54, 1.807) is 24.3 Å². The predicted molar refractivity (Wildman–Crippen MR) is 143 cm³/mol. The Hall–Kier alpha value is -2.42. The van der Waals surface area contributed by atoms with Crippen LogP contribution in [0.5, 0.6) is 0 Å². The molecule has 3 atom stereocenters. The Bertz CT molecular complexity index is 1280. The summed E-state index contributed by atoms with van der Waals surface area (Å²) in [6, 6.07) is 12.8. The Labute approximate surface area is 224 Å². The molecule has 9 heteroatoms. The molecule has 2 aromatic carbocycles. The first-order chi connectivity index (χ1) is 17.3. The van der Waals surface area contributed by atoms with Crippen LogP contribution < -0.4 is 5.32 Å². The van der Waals surface area contributed by atoms with Gasteiger partial charge in [-0.25, -0.2) is 8.42 Å². The Morgan fingerprint density at radius 1 is 1.08 bits per heavy atom. The highest BCUT2D eigenvalue weighted by Crippen LogP contribution is 2.46. The van der Waals surface area contributed by atoms with E-state index in [0.29, 0.717) is 37.4 Å². The summed E-state index contributed by atoms with van der Waals surface area (Å²) in [6.07, 6.45) is 4.66. The molecule has 2 aliphatic rings. The zero-order chi connectivity index (χ0) is 27.0. The number of likely N-dealkylation sites (tertiary alicyclic amines) is 1. The number of sulfone groups is 1. The van der Waals surface area contributed by atoms with Crippen molar-refractivity contribution in [2.45, 2.75) is 62.5 Å². The summed E-state index contributed by atoms with van der Waals surface area (Å²) >= 11 is 6.04. The minimum atomic E-state index is -3.44. The third-order valence-electron chi connectivity index (χ3n) is 8.01. The van der Waals surface area contributed by atoms with Gasteiger partial charge >= 0.3 is 0 Å². The summed E-state index contributed by atoms with van der Waals surface area (Å²) in [7, 11) is -3.44. The Kier molecular flexibility index (Phi) is 7.75. The standard InChI is InChI=1S/C28H35ClN2O5S/c1-27(2)18-31(16-15-28(27,34)20-11-13-21(29)14-12-20)26(33)23-9-4-5-10-24(23)30-25(32)19-7-6-8-22(17-19)37(3,35)36/h6-8,11-14,17,23-24,34H,4-5,9-10,15-16,18H2,1-3H3,(H,30,32)/t23-,24+,28-/m0/s1. The van der Waals surface area contributed by atoms with Gasteiger partial charge in [0.05, 0.1) is 16.4 Å². The molecule has 0 unspecified atom stereocenters. The molecule has 1 aliphatic heterocycles. The van der Waals surface area contributed by atoms with Gasteiger partial charge in [-0.05, 0) is 55.2 Å². The molecule has 2 aromatic rings. The molecule has 7 nitrogen and oxygen atoms in total. The number of hydrogen-bond acceptors (Lipinski definition) is 5. The largest absolute Gasteiger partial charge is 0.384 e. The van der Waals surface area contributed by atoms with E-state index in [-0.39, 0.29) is 34.2 Å². The molecule has 1 saturated carbocycles. The van der Waals surface area contributed by atoms with Crippen LogP contribution in [0.3, 0.4) is 0 Å². The Morgan fingerprint density at radius 3 is 2.41 bits per heavy atom. The van der Waals surface area contributed by atoms with Crippen LogP contribution in [-0.2, 0) is 20.2 Å². The average molecular weight is 547 g/mol. The van der Waals surface area contributed by atoms with Crippen LogP contribution in [0.1, 0.15) is 61.9 Å². The predicted octanol–water partition coefficient (Wildman–Crippen LogP) is 4.18. The van der Waals surface area contributed by atoms with Gasteiger partial charge in [0.1, 0.15) is 0 Å². The number of rotatable bonds is 5. The smallest absolute Gasteiger partial charge is 0.251 e. The summed E-state index contributed by atoms with van der Waals surface area (Å²) in [4.78, 5) is 28.7. The van der Waals surface area contributed by atoms with Gasteiger partial charge in [0.25, 0.3) is 5.91 Å². The fourth-order valence-electron chi connectivity index (χ4n) is 5.72. The highest BCUT2D eigenvalue weighted by molar-refractivity contribution is 7.90. The third kappa shape index (κ3) is 5.71. The maximum atomic E-state index is 13.7. The molecule has 2 fully saturated rings. The average Bonchev–Trinajstić information content (AvgIpc) is 2.85. The number of carbonyl (C=O) groups is 2. The maximum Gasteiger partial charge on any atom is 0.251 e.